The molecular weight excluding hydrogens is 805 g/mol. The van der Waals surface area contributed by atoms with Gasteiger partial charge in [0.05, 0.1) is 44.0 Å². The minimum absolute atomic E-state index is 0.0149. The number of benzene rings is 2. The maximum Gasteiger partial charge on any atom is 0.407 e. The van der Waals surface area contributed by atoms with Gasteiger partial charge in [0, 0.05) is 37.3 Å². The number of nitrogens with two attached hydrogens (primary N) is 1. The van der Waals surface area contributed by atoms with Gasteiger partial charge in [-0.25, -0.2) is 24.7 Å². The molecule has 6 rings (SSSR count). The van der Waals surface area contributed by atoms with Crippen LogP contribution in [0.1, 0.15) is 75.4 Å². The van der Waals surface area contributed by atoms with Crippen molar-refractivity contribution >= 4 is 34.2 Å². The molecule has 0 spiro atoms. The molecule has 2 aliphatic heterocycles. The lowest BCUT2D eigenvalue weighted by atomic mass is 10.0. The number of carbonyl (C=O) groups is 4. The fourth-order valence-electron chi connectivity index (χ4n) is 7.47. The first-order valence-electron chi connectivity index (χ1n) is 20.0. The van der Waals surface area contributed by atoms with Crippen molar-refractivity contribution in [1.29, 1.82) is 0 Å². The molecular formula is C42H52N10O8S. The van der Waals surface area contributed by atoms with E-state index >= 15 is 0 Å². The topological polar surface area (TPSA) is 238 Å². The summed E-state index contributed by atoms with van der Waals surface area (Å²) in [4.78, 5) is 70.4. The SMILES string of the molecule is COC(=O)N[C@H](C(=O)N1CCC[C@H]1c1ncc(-c2ccc(C#Cc3ccc(-c4cnc([C@@H]5CN(S(N)(=O)=O)CCN5C(=O)[C@@H](NC(=O)OC)C(C)C)[nH]4)cc3)cc2)[nH]1)C(C)C. The molecule has 2 aliphatic rings. The van der Waals surface area contributed by atoms with Gasteiger partial charge in [-0.2, -0.15) is 12.7 Å². The number of amides is 4. The van der Waals surface area contributed by atoms with Gasteiger partial charge in [-0.05, 0) is 60.1 Å². The molecule has 0 bridgehead atoms. The summed E-state index contributed by atoms with van der Waals surface area (Å²) in [6.45, 7) is 7.80. The van der Waals surface area contributed by atoms with E-state index in [2.05, 4.69) is 42.4 Å². The summed E-state index contributed by atoms with van der Waals surface area (Å²) in [5, 5.41) is 10.7. The lowest BCUT2D eigenvalue weighted by Crippen LogP contribution is -2.59. The van der Waals surface area contributed by atoms with Crippen LogP contribution in [0.4, 0.5) is 9.59 Å². The van der Waals surface area contributed by atoms with Crippen LogP contribution in [0.15, 0.2) is 60.9 Å². The normalized spacial score (nSPS) is 18.0. The molecule has 2 fully saturated rings. The summed E-state index contributed by atoms with van der Waals surface area (Å²) in [6.07, 6.45) is 3.54. The zero-order chi connectivity index (χ0) is 44.0. The number of imidazole rings is 2. The third kappa shape index (κ3) is 10.4. The van der Waals surface area contributed by atoms with Crippen LogP contribution >= 0.6 is 0 Å². The Kier molecular flexibility index (Phi) is 13.8. The highest BCUT2D eigenvalue weighted by Gasteiger charge is 2.41. The molecule has 4 aromatic rings. The maximum atomic E-state index is 13.8. The van der Waals surface area contributed by atoms with Crippen molar-refractivity contribution in [3.63, 3.8) is 0 Å². The van der Waals surface area contributed by atoms with Crippen molar-refractivity contribution in [2.24, 2.45) is 17.0 Å². The lowest BCUT2D eigenvalue weighted by molar-refractivity contribution is -0.139. The molecule has 324 valence electrons. The number of carbonyl (C=O) groups excluding carboxylic acids is 4. The molecule has 4 heterocycles. The first-order valence-corrected chi connectivity index (χ1v) is 21.5. The third-order valence-electron chi connectivity index (χ3n) is 10.9. The van der Waals surface area contributed by atoms with Gasteiger partial charge in [0.25, 0.3) is 10.2 Å². The van der Waals surface area contributed by atoms with Gasteiger partial charge in [-0.15, -0.1) is 0 Å². The number of nitrogens with one attached hydrogen (secondary N) is 4. The molecule has 2 saturated heterocycles. The number of likely N-dealkylation sites (tertiary alicyclic amines) is 1. The summed E-state index contributed by atoms with van der Waals surface area (Å²) in [5.41, 5.74) is 4.72. The van der Waals surface area contributed by atoms with E-state index in [1.807, 2.05) is 62.4 Å². The fraction of sp³-hybridized carbons (Fsp3) is 0.429. The van der Waals surface area contributed by atoms with Crippen LogP contribution in [-0.2, 0) is 29.3 Å². The largest absolute Gasteiger partial charge is 0.453 e. The fourth-order valence-corrected chi connectivity index (χ4v) is 8.16. The average molecular weight is 857 g/mol. The van der Waals surface area contributed by atoms with E-state index in [1.54, 1.807) is 31.1 Å². The van der Waals surface area contributed by atoms with E-state index in [9.17, 15) is 27.6 Å². The zero-order valence-electron chi connectivity index (χ0n) is 35.0. The van der Waals surface area contributed by atoms with E-state index in [0.29, 0.717) is 23.9 Å². The Balaban J connectivity index is 1.12. The Morgan fingerprint density at radius 1 is 0.721 bits per heavy atom. The highest BCUT2D eigenvalue weighted by atomic mass is 32.2. The van der Waals surface area contributed by atoms with Crippen LogP contribution in [0.2, 0.25) is 0 Å². The van der Waals surface area contributed by atoms with Gasteiger partial charge >= 0.3 is 12.2 Å². The predicted molar refractivity (Wildman–Crippen MR) is 225 cm³/mol. The molecule has 0 radical (unpaired) electrons. The number of aromatic nitrogens is 4. The molecule has 4 atom stereocenters. The van der Waals surface area contributed by atoms with Gasteiger partial charge in [0.1, 0.15) is 29.8 Å². The van der Waals surface area contributed by atoms with Gasteiger partial charge in [0.2, 0.25) is 11.8 Å². The molecule has 2 aromatic carbocycles. The molecule has 61 heavy (non-hydrogen) atoms. The second-order valence-electron chi connectivity index (χ2n) is 15.6. The second kappa shape index (κ2) is 19.0. The van der Waals surface area contributed by atoms with Gasteiger partial charge in [-0.3, -0.25) is 9.59 Å². The number of hydrogen-bond donors (Lipinski definition) is 5. The Hall–Kier alpha value is -6.23. The average Bonchev–Trinajstić information content (AvgIpc) is 4.05. The summed E-state index contributed by atoms with van der Waals surface area (Å²) in [6, 6.07) is 12.6. The molecule has 0 saturated carbocycles. The molecule has 2 aromatic heterocycles. The van der Waals surface area contributed by atoms with Crippen molar-refractivity contribution in [3.8, 4) is 34.4 Å². The Morgan fingerprint density at radius 2 is 1.16 bits per heavy atom. The monoisotopic (exact) mass is 856 g/mol. The van der Waals surface area contributed by atoms with Crippen LogP contribution in [0.25, 0.3) is 22.5 Å². The van der Waals surface area contributed by atoms with Crippen molar-refractivity contribution in [3.05, 3.63) is 83.7 Å². The zero-order valence-corrected chi connectivity index (χ0v) is 35.8. The Morgan fingerprint density at radius 3 is 1.59 bits per heavy atom. The van der Waals surface area contributed by atoms with Crippen LogP contribution < -0.4 is 15.8 Å². The number of hydrogen-bond acceptors (Lipinski definition) is 10. The molecule has 6 N–H and O–H groups in total. The van der Waals surface area contributed by atoms with Crippen LogP contribution in [0, 0.1) is 23.7 Å². The van der Waals surface area contributed by atoms with Gasteiger partial charge < -0.3 is 39.9 Å². The number of piperazine rings is 1. The number of aromatic amines is 2. The molecule has 4 amide bonds. The molecule has 0 unspecified atom stereocenters. The smallest absolute Gasteiger partial charge is 0.407 e. The van der Waals surface area contributed by atoms with Crippen molar-refractivity contribution in [2.45, 2.75) is 64.7 Å². The number of H-pyrrole nitrogens is 2. The van der Waals surface area contributed by atoms with Crippen molar-refractivity contribution < 1.29 is 37.1 Å². The third-order valence-corrected chi connectivity index (χ3v) is 11.9. The molecule has 18 nitrogen and oxygen atoms in total. The highest BCUT2D eigenvalue weighted by molar-refractivity contribution is 7.86. The van der Waals surface area contributed by atoms with Gasteiger partial charge in [0.15, 0.2) is 0 Å². The number of alkyl carbamates (subject to hydrolysis) is 2. The molecule has 0 aliphatic carbocycles. The number of ether oxygens (including phenoxy) is 2. The first-order chi connectivity index (χ1) is 29.1. The van der Waals surface area contributed by atoms with E-state index < -0.39 is 46.4 Å². The standard InChI is InChI=1S/C42H52N10O8S/c1-25(2)35(48-41(55)59-5)39(53)51-19-7-8-33(51)37-44-22-31(46-37)29-15-11-27(12-16-29)9-10-28-13-17-30(18-14-28)32-23-45-38(47-32)34-24-50(61(43,57)58)20-21-52(34)40(54)36(26(3)4)49-42(56)60-6/h11-18,22-23,25-26,33-36H,7-8,19-21,24H2,1-6H3,(H,44,46)(H,45,47)(H,48,55)(H,49,56)(H2,43,57,58)/t33-,34-,35-,36-/m0/s1. The minimum Gasteiger partial charge on any atom is -0.453 e. The van der Waals surface area contributed by atoms with Gasteiger partial charge in [-0.1, -0.05) is 63.8 Å². The Bertz CT molecular complexity index is 2380. The van der Waals surface area contributed by atoms with Crippen molar-refractivity contribution in [1.82, 2.24) is 44.7 Å². The number of rotatable bonds is 11. The predicted octanol–water partition coefficient (Wildman–Crippen LogP) is 3.68. The lowest BCUT2D eigenvalue weighted by Gasteiger charge is -2.41. The Labute approximate surface area is 355 Å². The highest BCUT2D eigenvalue weighted by Crippen LogP contribution is 2.33. The number of nitrogens with zero attached hydrogens (tertiary/aromatic N) is 5. The summed E-state index contributed by atoms with van der Waals surface area (Å²) in [5.74, 6) is 6.45. The minimum atomic E-state index is -4.06. The van der Waals surface area contributed by atoms with Crippen molar-refractivity contribution in [2.75, 3.05) is 40.4 Å². The van der Waals surface area contributed by atoms with Crippen LogP contribution in [-0.4, -0.2) is 119 Å². The van der Waals surface area contributed by atoms with Crippen LogP contribution in [0.5, 0.6) is 0 Å². The summed E-state index contributed by atoms with van der Waals surface area (Å²) >= 11 is 0. The number of methoxy groups -OCH3 is 2. The summed E-state index contributed by atoms with van der Waals surface area (Å²) < 4.78 is 35.2. The quantitative estimate of drug-likeness (QED) is 0.137. The van der Waals surface area contributed by atoms with Crippen LogP contribution in [0.3, 0.4) is 0 Å². The maximum absolute atomic E-state index is 13.8. The summed E-state index contributed by atoms with van der Waals surface area (Å²) in [7, 11) is -1.57. The first kappa shape index (κ1) is 44.3. The van der Waals surface area contributed by atoms with E-state index in [4.69, 9.17) is 14.6 Å². The van der Waals surface area contributed by atoms with E-state index in [-0.39, 0.29) is 43.4 Å². The second-order valence-corrected chi connectivity index (χ2v) is 17.2. The van der Waals surface area contributed by atoms with E-state index in [0.717, 1.165) is 45.1 Å². The van der Waals surface area contributed by atoms with E-state index in [1.165, 1.54) is 19.1 Å². The molecule has 19 heteroatoms.